The summed E-state index contributed by atoms with van der Waals surface area (Å²) in [7, 11) is 0. The minimum Gasteiger partial charge on any atom is -0.205 e. The van der Waals surface area contributed by atoms with E-state index < -0.39 is 6.43 Å². The van der Waals surface area contributed by atoms with E-state index in [-0.39, 0.29) is 5.56 Å². The highest BCUT2D eigenvalue weighted by Crippen LogP contribution is 2.27. The van der Waals surface area contributed by atoms with Crippen LogP contribution in [0.1, 0.15) is 12.0 Å². The highest BCUT2D eigenvalue weighted by molar-refractivity contribution is 6.30. The van der Waals surface area contributed by atoms with Gasteiger partial charge in [-0.1, -0.05) is 41.9 Å². The van der Waals surface area contributed by atoms with Crippen molar-refractivity contribution in [2.45, 2.75) is 6.43 Å². The molecule has 2 rings (SSSR count). The number of hydrogen-bond acceptors (Lipinski definition) is 0. The maximum absolute atomic E-state index is 12.5. The summed E-state index contributed by atoms with van der Waals surface area (Å²) in [5.41, 5.74) is 1.62. The Labute approximate surface area is 97.5 Å². The van der Waals surface area contributed by atoms with Crippen LogP contribution in [-0.4, -0.2) is 0 Å². The van der Waals surface area contributed by atoms with Crippen LogP contribution >= 0.6 is 11.6 Å². The first-order valence-electron chi connectivity index (χ1n) is 4.81. The molecule has 0 aromatic heterocycles. The van der Waals surface area contributed by atoms with Crippen molar-refractivity contribution >= 4 is 11.6 Å². The molecule has 2 aromatic carbocycles. The Balaban J connectivity index is 2.44. The maximum atomic E-state index is 12.5. The van der Waals surface area contributed by atoms with E-state index in [1.54, 1.807) is 30.3 Å². The molecular weight excluding hydrogens is 230 g/mol. The van der Waals surface area contributed by atoms with Gasteiger partial charge in [0.2, 0.25) is 0 Å². The first-order valence-corrected chi connectivity index (χ1v) is 5.18. The summed E-state index contributed by atoms with van der Waals surface area (Å²) < 4.78 is 25.0. The Hall–Kier alpha value is -1.41. The molecule has 0 bridgehead atoms. The summed E-state index contributed by atoms with van der Waals surface area (Å²) >= 11 is 5.85. The van der Waals surface area contributed by atoms with Crippen LogP contribution in [0.2, 0.25) is 5.02 Å². The monoisotopic (exact) mass is 238 g/mol. The van der Waals surface area contributed by atoms with Crippen molar-refractivity contribution in [3.05, 3.63) is 59.1 Å². The van der Waals surface area contributed by atoms with Gasteiger partial charge in [0.1, 0.15) is 0 Å². The smallest absolute Gasteiger partial charge is 0.205 e. The third-order valence-corrected chi connectivity index (χ3v) is 2.53. The zero-order valence-electron chi connectivity index (χ0n) is 8.33. The van der Waals surface area contributed by atoms with Crippen molar-refractivity contribution in [2.24, 2.45) is 0 Å². The van der Waals surface area contributed by atoms with E-state index in [4.69, 9.17) is 11.6 Å². The van der Waals surface area contributed by atoms with Gasteiger partial charge in [-0.3, -0.25) is 0 Å². The third-order valence-electron chi connectivity index (χ3n) is 2.30. The largest absolute Gasteiger partial charge is 0.263 e. The molecule has 0 amide bonds. The molecular formula is C13H9ClF2. The number of hydrogen-bond donors (Lipinski definition) is 0. The van der Waals surface area contributed by atoms with Crippen LogP contribution in [0.15, 0.2) is 48.5 Å². The number of alkyl halides is 2. The van der Waals surface area contributed by atoms with E-state index in [0.717, 1.165) is 11.1 Å². The molecule has 0 N–H and O–H groups in total. The van der Waals surface area contributed by atoms with E-state index in [1.807, 2.05) is 6.07 Å². The fourth-order valence-corrected chi connectivity index (χ4v) is 1.71. The van der Waals surface area contributed by atoms with Crippen molar-refractivity contribution < 1.29 is 8.78 Å². The molecule has 0 aliphatic heterocycles. The van der Waals surface area contributed by atoms with E-state index in [1.165, 1.54) is 12.1 Å². The summed E-state index contributed by atoms with van der Waals surface area (Å²) in [6.07, 6.45) is -2.45. The number of rotatable bonds is 2. The molecule has 0 nitrogen and oxygen atoms in total. The van der Waals surface area contributed by atoms with Gasteiger partial charge < -0.3 is 0 Å². The minimum atomic E-state index is -2.45. The Morgan fingerprint density at radius 1 is 0.875 bits per heavy atom. The molecule has 0 saturated carbocycles. The Morgan fingerprint density at radius 2 is 1.50 bits per heavy atom. The Kier molecular flexibility index (Phi) is 3.20. The highest BCUT2D eigenvalue weighted by Gasteiger charge is 2.07. The lowest BCUT2D eigenvalue weighted by molar-refractivity contribution is 0.151. The normalized spacial score (nSPS) is 10.8. The van der Waals surface area contributed by atoms with Gasteiger partial charge in [-0.05, 0) is 29.3 Å². The second kappa shape index (κ2) is 4.62. The average Bonchev–Trinajstić information content (AvgIpc) is 2.29. The fourth-order valence-electron chi connectivity index (χ4n) is 1.52. The van der Waals surface area contributed by atoms with Crippen LogP contribution in [0.5, 0.6) is 0 Å². The molecule has 0 heterocycles. The summed E-state index contributed by atoms with van der Waals surface area (Å²) in [6, 6.07) is 13.5. The van der Waals surface area contributed by atoms with Crippen molar-refractivity contribution in [2.75, 3.05) is 0 Å². The van der Waals surface area contributed by atoms with Gasteiger partial charge in [0.25, 0.3) is 6.43 Å². The molecule has 0 atom stereocenters. The lowest BCUT2D eigenvalue weighted by atomic mass is 10.0. The van der Waals surface area contributed by atoms with Crippen molar-refractivity contribution in [1.82, 2.24) is 0 Å². The molecule has 0 radical (unpaired) electrons. The maximum Gasteiger partial charge on any atom is 0.263 e. The van der Waals surface area contributed by atoms with Crippen LogP contribution in [0.25, 0.3) is 11.1 Å². The molecule has 0 saturated heterocycles. The van der Waals surface area contributed by atoms with Crippen LogP contribution in [0.4, 0.5) is 8.78 Å². The quantitative estimate of drug-likeness (QED) is 0.695. The summed E-state index contributed by atoms with van der Waals surface area (Å²) in [5.74, 6) is 0. The number of halogens is 3. The van der Waals surface area contributed by atoms with Gasteiger partial charge in [0.05, 0.1) is 0 Å². The van der Waals surface area contributed by atoms with Gasteiger partial charge in [0.15, 0.2) is 0 Å². The van der Waals surface area contributed by atoms with Crippen LogP contribution < -0.4 is 0 Å². The van der Waals surface area contributed by atoms with Crippen LogP contribution in [0.3, 0.4) is 0 Å². The Morgan fingerprint density at radius 3 is 2.12 bits per heavy atom. The van der Waals surface area contributed by atoms with Crippen molar-refractivity contribution in [1.29, 1.82) is 0 Å². The predicted molar refractivity (Wildman–Crippen MR) is 61.8 cm³/mol. The first kappa shape index (κ1) is 11.1. The highest BCUT2D eigenvalue weighted by atomic mass is 35.5. The standard InChI is InChI=1S/C13H9ClF2/c14-12-6-2-4-10(8-12)9-3-1-5-11(7-9)13(15)16/h1-8,13H. The third kappa shape index (κ3) is 2.39. The fraction of sp³-hybridized carbons (Fsp3) is 0.0769. The minimum absolute atomic E-state index is 0.0254. The van der Waals surface area contributed by atoms with Gasteiger partial charge >= 0.3 is 0 Å². The lowest BCUT2D eigenvalue weighted by Gasteiger charge is -2.05. The molecule has 0 unspecified atom stereocenters. The summed E-state index contributed by atoms with van der Waals surface area (Å²) in [4.78, 5) is 0. The lowest BCUT2D eigenvalue weighted by Crippen LogP contribution is -1.85. The molecule has 82 valence electrons. The molecule has 3 heteroatoms. The van der Waals surface area contributed by atoms with Gasteiger partial charge in [-0.2, -0.15) is 0 Å². The van der Waals surface area contributed by atoms with Crippen LogP contribution in [-0.2, 0) is 0 Å². The van der Waals surface area contributed by atoms with Crippen LogP contribution in [0, 0.1) is 0 Å². The van der Waals surface area contributed by atoms with Gasteiger partial charge in [0, 0.05) is 10.6 Å². The summed E-state index contributed by atoms with van der Waals surface area (Å²) in [5, 5.41) is 0.597. The van der Waals surface area contributed by atoms with E-state index in [2.05, 4.69) is 0 Å². The molecule has 16 heavy (non-hydrogen) atoms. The van der Waals surface area contributed by atoms with E-state index >= 15 is 0 Å². The van der Waals surface area contributed by atoms with Crippen molar-refractivity contribution in [3.63, 3.8) is 0 Å². The predicted octanol–water partition coefficient (Wildman–Crippen LogP) is 4.94. The summed E-state index contributed by atoms with van der Waals surface area (Å²) in [6.45, 7) is 0. The van der Waals surface area contributed by atoms with Crippen molar-refractivity contribution in [3.8, 4) is 11.1 Å². The molecule has 0 aliphatic rings. The SMILES string of the molecule is FC(F)c1cccc(-c2cccc(Cl)c2)c1. The zero-order valence-corrected chi connectivity index (χ0v) is 9.09. The molecule has 0 fully saturated rings. The zero-order chi connectivity index (χ0) is 11.5. The molecule has 0 spiro atoms. The molecule has 2 aromatic rings. The topological polar surface area (TPSA) is 0 Å². The number of benzene rings is 2. The Bertz CT molecular complexity index is 495. The second-order valence-electron chi connectivity index (χ2n) is 3.44. The molecule has 0 aliphatic carbocycles. The first-order chi connectivity index (χ1) is 7.66. The second-order valence-corrected chi connectivity index (χ2v) is 3.87. The van der Waals surface area contributed by atoms with Gasteiger partial charge in [-0.15, -0.1) is 0 Å². The van der Waals surface area contributed by atoms with E-state index in [9.17, 15) is 8.78 Å². The van der Waals surface area contributed by atoms with Gasteiger partial charge in [-0.25, -0.2) is 8.78 Å². The average molecular weight is 239 g/mol. The van der Waals surface area contributed by atoms with E-state index in [0.29, 0.717) is 5.02 Å².